The maximum atomic E-state index is 8.61. The zero-order valence-corrected chi connectivity index (χ0v) is 31.8. The van der Waals surface area contributed by atoms with Crippen molar-refractivity contribution in [3.05, 3.63) is 169 Å². The third-order valence-corrected chi connectivity index (χ3v) is 8.91. The third-order valence-electron chi connectivity index (χ3n) is 8.91. The summed E-state index contributed by atoms with van der Waals surface area (Å²) < 4.78 is 67.5. The summed E-state index contributed by atoms with van der Waals surface area (Å²) in [6, 6.07) is 46.6. The Morgan fingerprint density at radius 2 is 1.38 bits per heavy atom. The van der Waals surface area contributed by atoms with E-state index in [9.17, 15) is 0 Å². The molecule has 9 aromatic rings. The number of aromatic nitrogens is 2. The van der Waals surface area contributed by atoms with Crippen LogP contribution < -0.4 is 0 Å². The Bertz CT molecular complexity index is 2950. The molecule has 6 aromatic carbocycles. The number of benzene rings is 6. The van der Waals surface area contributed by atoms with Crippen molar-refractivity contribution in [2.24, 2.45) is 5.41 Å². The summed E-state index contributed by atoms with van der Waals surface area (Å²) in [6.07, 6.45) is 1.68. The fourth-order valence-corrected chi connectivity index (χ4v) is 6.62. The number of rotatable bonds is 4. The van der Waals surface area contributed by atoms with E-state index in [2.05, 4.69) is 77.8 Å². The van der Waals surface area contributed by atoms with E-state index in [4.69, 9.17) is 20.4 Å². The van der Waals surface area contributed by atoms with E-state index in [1.807, 2.05) is 63.4 Å². The minimum absolute atomic E-state index is 0. The number of nitrogens with zero attached hydrogens (tertiary/aromatic N) is 2. The van der Waals surface area contributed by atoms with Crippen LogP contribution >= 0.6 is 0 Å². The van der Waals surface area contributed by atoms with E-state index < -0.39 is 25.5 Å². The van der Waals surface area contributed by atoms with Gasteiger partial charge >= 0.3 is 0 Å². The summed E-state index contributed by atoms with van der Waals surface area (Å²) in [5, 5.41) is 6.81. The van der Waals surface area contributed by atoms with Crippen LogP contribution in [0.15, 0.2) is 144 Å². The molecule has 0 spiro atoms. The van der Waals surface area contributed by atoms with Crippen LogP contribution in [0.1, 0.15) is 48.4 Å². The van der Waals surface area contributed by atoms with Crippen LogP contribution in [0.3, 0.4) is 0 Å². The molecule has 1 radical (unpaired) electrons. The van der Waals surface area contributed by atoms with Gasteiger partial charge in [-0.25, -0.2) is 0 Å². The molecular weight excluding hydrogens is 825 g/mol. The number of hydrogen-bond acceptors (Lipinski definition) is 3. The number of fused-ring (bicyclic) bond motifs is 8. The molecule has 0 aliphatic carbocycles. The Balaban J connectivity index is 0.000000226. The molecule has 0 aliphatic rings. The Labute approximate surface area is 336 Å². The minimum Gasteiger partial charge on any atom is -0.500 e. The fourth-order valence-electron chi connectivity index (χ4n) is 6.62. The first kappa shape index (κ1) is 27.2. The normalized spacial score (nSPS) is 14.4. The first-order chi connectivity index (χ1) is 28.4. The molecule has 0 amide bonds. The molecule has 3 heterocycles. The predicted octanol–water partition coefficient (Wildman–Crippen LogP) is 13.2. The molecule has 3 aromatic heterocycles. The number of pyridine rings is 2. The van der Waals surface area contributed by atoms with Crippen molar-refractivity contribution >= 4 is 43.5 Å². The van der Waals surface area contributed by atoms with E-state index in [0.717, 1.165) is 49.7 Å². The molecule has 263 valence electrons. The van der Waals surface area contributed by atoms with Gasteiger partial charge in [0.25, 0.3) is 0 Å². The molecular formula is C49H40IrN2O-2. The second-order valence-corrected chi connectivity index (χ2v) is 13.8. The van der Waals surface area contributed by atoms with Crippen LogP contribution in [0, 0.1) is 31.3 Å². The van der Waals surface area contributed by atoms with Crippen LogP contribution in [-0.4, -0.2) is 9.97 Å². The SMILES string of the molecule is [2H]C([2H])([2H])c1c[c-]c(-c2ccc(C([2H])([2H])[2H])cn2)cc1.[2H]C([2H])(c1ccc(-c2ccnc(-c3[c-]ccc4c3oc3c5ccccc5c5ccccc5c43)c2)cc1)C(C)(C)C.[Ir]. The maximum absolute atomic E-state index is 8.61. The quantitative estimate of drug-likeness (QED) is 0.131. The van der Waals surface area contributed by atoms with Crippen molar-refractivity contribution in [3.8, 4) is 33.6 Å². The Morgan fingerprint density at radius 3 is 2.06 bits per heavy atom. The van der Waals surface area contributed by atoms with Crippen molar-refractivity contribution in [1.82, 2.24) is 9.97 Å². The maximum Gasteiger partial charge on any atom is 0.129 e. The van der Waals surface area contributed by atoms with Gasteiger partial charge in [0.2, 0.25) is 0 Å². The second-order valence-electron chi connectivity index (χ2n) is 13.8. The van der Waals surface area contributed by atoms with Gasteiger partial charge in [-0.1, -0.05) is 130 Å². The molecule has 0 atom stereocenters. The van der Waals surface area contributed by atoms with Gasteiger partial charge in [-0.05, 0) is 74.5 Å². The minimum atomic E-state index is -2.18. The number of furan rings is 1. The van der Waals surface area contributed by atoms with Gasteiger partial charge in [0.05, 0.1) is 5.58 Å². The van der Waals surface area contributed by atoms with Gasteiger partial charge in [-0.2, -0.15) is 0 Å². The zero-order chi connectivity index (χ0) is 42.6. The summed E-state index contributed by atoms with van der Waals surface area (Å²) in [4.78, 5) is 8.79. The third kappa shape index (κ3) is 7.44. The van der Waals surface area contributed by atoms with E-state index in [1.165, 1.54) is 40.6 Å². The van der Waals surface area contributed by atoms with Crippen molar-refractivity contribution < 1.29 is 35.5 Å². The van der Waals surface area contributed by atoms with Crippen molar-refractivity contribution in [2.45, 2.75) is 40.8 Å². The molecule has 0 saturated heterocycles. The number of aryl methyl sites for hydroxylation is 2. The van der Waals surface area contributed by atoms with Crippen molar-refractivity contribution in [2.75, 3.05) is 0 Å². The first-order valence-electron chi connectivity index (χ1n) is 21.1. The monoisotopic (exact) mass is 873 g/mol. The van der Waals surface area contributed by atoms with Crippen LogP contribution in [0.25, 0.3) is 77.1 Å². The van der Waals surface area contributed by atoms with Crippen LogP contribution in [0.4, 0.5) is 0 Å². The average Bonchev–Trinajstić information content (AvgIpc) is 3.64. The Hall–Kier alpha value is -5.41. The number of hydrogen-bond donors (Lipinski definition) is 0. The Morgan fingerprint density at radius 1 is 0.660 bits per heavy atom. The summed E-state index contributed by atoms with van der Waals surface area (Å²) in [5.74, 6) is 0. The van der Waals surface area contributed by atoms with Gasteiger partial charge in [0.1, 0.15) is 5.58 Å². The van der Waals surface area contributed by atoms with Crippen LogP contribution in [-0.2, 0) is 26.5 Å². The fraction of sp³-hybridized carbons (Fsp3) is 0.143. The van der Waals surface area contributed by atoms with Gasteiger partial charge in [0.15, 0.2) is 0 Å². The molecule has 0 aliphatic heterocycles. The van der Waals surface area contributed by atoms with Gasteiger partial charge in [-0.15, -0.1) is 53.6 Å². The topological polar surface area (TPSA) is 38.9 Å². The summed E-state index contributed by atoms with van der Waals surface area (Å²) in [7, 11) is 0. The van der Waals surface area contributed by atoms with E-state index >= 15 is 0 Å². The summed E-state index contributed by atoms with van der Waals surface area (Å²) >= 11 is 0. The smallest absolute Gasteiger partial charge is 0.129 e. The molecule has 9 rings (SSSR count). The zero-order valence-electron chi connectivity index (χ0n) is 37.4. The standard InChI is InChI=1S/C36H28NO.C13H12N.Ir/c1-36(2,3)22-23-15-17-24(18-16-23)25-19-20-37-32(21-25)30-13-8-14-31-33-28-11-6-4-9-26(28)27-10-5-7-12-29(27)35(33)38-34(30)31;1-10-3-6-12(7-4-10)13-8-5-11(2)9-14-13;/h4-12,14-21H,22H2,1-3H3;3-6,8-9H,1-2H3;/q2*-1;/i22D2;1D3,2D3;. The van der Waals surface area contributed by atoms with E-state index in [-0.39, 0.29) is 31.2 Å². The first-order valence-corrected chi connectivity index (χ1v) is 17.1. The molecule has 0 N–H and O–H groups in total. The molecule has 0 unspecified atom stereocenters. The summed E-state index contributed by atoms with van der Waals surface area (Å²) in [5.41, 5.74) is 6.99. The van der Waals surface area contributed by atoms with E-state index in [0.29, 0.717) is 16.8 Å². The summed E-state index contributed by atoms with van der Waals surface area (Å²) in [6.45, 7) is 1.44. The molecule has 4 heteroatoms. The molecule has 0 saturated carbocycles. The van der Waals surface area contributed by atoms with Crippen LogP contribution in [0.2, 0.25) is 0 Å². The van der Waals surface area contributed by atoms with Crippen molar-refractivity contribution in [1.29, 1.82) is 0 Å². The molecule has 53 heavy (non-hydrogen) atoms. The van der Waals surface area contributed by atoms with Gasteiger partial charge < -0.3 is 14.4 Å². The molecule has 3 nitrogen and oxygen atoms in total. The van der Waals surface area contributed by atoms with Gasteiger partial charge in [0, 0.05) is 54.2 Å². The van der Waals surface area contributed by atoms with Crippen molar-refractivity contribution in [3.63, 3.8) is 0 Å². The second kappa shape index (κ2) is 14.9. The largest absolute Gasteiger partial charge is 0.500 e. The predicted molar refractivity (Wildman–Crippen MR) is 217 cm³/mol. The average molecular weight is 873 g/mol. The van der Waals surface area contributed by atoms with E-state index in [1.54, 1.807) is 12.1 Å². The molecule has 0 bridgehead atoms. The Kier molecular flexibility index (Phi) is 7.66. The molecule has 0 fully saturated rings. The van der Waals surface area contributed by atoms with Gasteiger partial charge in [-0.3, -0.25) is 0 Å². The van der Waals surface area contributed by atoms with Crippen LogP contribution in [0.5, 0.6) is 0 Å².